The molecule has 0 spiro atoms. The number of unbranched alkanes of at least 4 members (excludes halogenated alkanes) is 1. The van der Waals surface area contributed by atoms with Gasteiger partial charge in [-0.25, -0.2) is 4.98 Å². The van der Waals surface area contributed by atoms with Gasteiger partial charge in [0.25, 0.3) is 0 Å². The van der Waals surface area contributed by atoms with Gasteiger partial charge in [-0.2, -0.15) is 0 Å². The minimum absolute atomic E-state index is 0.0824. The Morgan fingerprint density at radius 1 is 1.77 bits per heavy atom. The number of aromatic nitrogens is 1. The molecule has 0 saturated carbocycles. The first kappa shape index (κ1) is 9.91. The maximum atomic E-state index is 10.3. The summed E-state index contributed by atoms with van der Waals surface area (Å²) in [6, 6.07) is 0. The average Bonchev–Trinajstić information content (AvgIpc) is 2.53. The van der Waals surface area contributed by atoms with E-state index < -0.39 is 4.92 Å². The van der Waals surface area contributed by atoms with E-state index in [9.17, 15) is 10.1 Å². The fourth-order valence-electron chi connectivity index (χ4n) is 0.804. The van der Waals surface area contributed by atoms with E-state index in [1.807, 2.05) is 0 Å². The Labute approximate surface area is 80.0 Å². The first-order chi connectivity index (χ1) is 6.24. The number of nitrogens with zero attached hydrogens (tertiary/aromatic N) is 2. The number of nitro groups is 1. The summed E-state index contributed by atoms with van der Waals surface area (Å²) >= 11 is 1.07. The van der Waals surface area contributed by atoms with Crippen LogP contribution in [0.2, 0.25) is 0 Å². The molecule has 1 aromatic rings. The number of anilines is 1. The summed E-state index contributed by atoms with van der Waals surface area (Å²) in [6.07, 6.45) is 3.42. The van der Waals surface area contributed by atoms with Crippen molar-refractivity contribution in [1.29, 1.82) is 0 Å². The van der Waals surface area contributed by atoms with Gasteiger partial charge in [0.1, 0.15) is 6.20 Å². The van der Waals surface area contributed by atoms with Crippen molar-refractivity contribution in [2.45, 2.75) is 19.8 Å². The largest absolute Gasteiger partial charge is 0.361 e. The zero-order valence-electron chi connectivity index (χ0n) is 7.32. The van der Waals surface area contributed by atoms with E-state index >= 15 is 0 Å². The Balaban J connectivity index is 2.44. The van der Waals surface area contributed by atoms with Crippen LogP contribution in [0.25, 0.3) is 0 Å². The van der Waals surface area contributed by atoms with E-state index in [2.05, 4.69) is 17.2 Å². The fourth-order valence-corrected chi connectivity index (χ4v) is 1.46. The third-order valence-corrected chi connectivity index (χ3v) is 2.39. The highest BCUT2D eigenvalue weighted by atomic mass is 32.1. The average molecular weight is 201 g/mol. The van der Waals surface area contributed by atoms with Gasteiger partial charge in [0.15, 0.2) is 5.13 Å². The summed E-state index contributed by atoms with van der Waals surface area (Å²) in [4.78, 5) is 13.7. The molecule has 0 aliphatic heterocycles. The third-order valence-electron chi connectivity index (χ3n) is 1.48. The number of rotatable bonds is 5. The fraction of sp³-hybridized carbons (Fsp3) is 0.571. The molecular formula is C7H11N3O2S. The lowest BCUT2D eigenvalue weighted by Crippen LogP contribution is -1.99. The van der Waals surface area contributed by atoms with Gasteiger partial charge in [-0.3, -0.25) is 10.1 Å². The first-order valence-corrected chi connectivity index (χ1v) is 4.89. The monoisotopic (exact) mass is 201 g/mol. The summed E-state index contributed by atoms with van der Waals surface area (Å²) in [5.74, 6) is 0. The Bertz CT molecular complexity index is 287. The SMILES string of the molecule is CCCCNc1ncc([N+](=O)[O-])s1. The van der Waals surface area contributed by atoms with Crippen molar-refractivity contribution in [3.8, 4) is 0 Å². The van der Waals surface area contributed by atoms with E-state index in [0.717, 1.165) is 30.7 Å². The highest BCUT2D eigenvalue weighted by molar-refractivity contribution is 7.18. The Hall–Kier alpha value is -1.17. The molecule has 0 radical (unpaired) electrons. The zero-order valence-corrected chi connectivity index (χ0v) is 8.13. The molecule has 1 aromatic heterocycles. The van der Waals surface area contributed by atoms with Gasteiger partial charge in [-0.1, -0.05) is 13.3 Å². The van der Waals surface area contributed by atoms with Crippen LogP contribution in [-0.4, -0.2) is 16.5 Å². The third kappa shape index (κ3) is 2.98. The van der Waals surface area contributed by atoms with E-state index in [-0.39, 0.29) is 5.00 Å². The standard InChI is InChI=1S/C7H11N3O2S/c1-2-3-4-8-7-9-5-6(13-7)10(11)12/h5H,2-4H2,1H3,(H,8,9). The molecule has 0 aromatic carbocycles. The molecule has 0 unspecified atom stereocenters. The Morgan fingerprint density at radius 3 is 3.08 bits per heavy atom. The molecule has 0 aliphatic rings. The van der Waals surface area contributed by atoms with Gasteiger partial charge >= 0.3 is 5.00 Å². The van der Waals surface area contributed by atoms with Crippen molar-refractivity contribution in [2.24, 2.45) is 0 Å². The molecule has 0 amide bonds. The summed E-state index contributed by atoms with van der Waals surface area (Å²) < 4.78 is 0. The second-order valence-electron chi connectivity index (χ2n) is 2.54. The Morgan fingerprint density at radius 2 is 2.54 bits per heavy atom. The quantitative estimate of drug-likeness (QED) is 0.450. The molecule has 1 rings (SSSR count). The van der Waals surface area contributed by atoms with Crippen LogP contribution in [0.5, 0.6) is 0 Å². The maximum absolute atomic E-state index is 10.3. The highest BCUT2D eigenvalue weighted by Crippen LogP contribution is 2.24. The van der Waals surface area contributed by atoms with Crippen molar-refractivity contribution in [2.75, 3.05) is 11.9 Å². The lowest BCUT2D eigenvalue weighted by atomic mass is 10.3. The molecule has 0 fully saturated rings. The first-order valence-electron chi connectivity index (χ1n) is 4.08. The summed E-state index contributed by atoms with van der Waals surface area (Å²) in [7, 11) is 0. The number of thiazole rings is 1. The van der Waals surface area contributed by atoms with Crippen molar-refractivity contribution in [1.82, 2.24) is 4.98 Å². The van der Waals surface area contributed by atoms with E-state index in [1.54, 1.807) is 0 Å². The molecule has 1 heterocycles. The lowest BCUT2D eigenvalue weighted by Gasteiger charge is -1.97. The molecule has 0 saturated heterocycles. The molecule has 5 nitrogen and oxygen atoms in total. The van der Waals surface area contributed by atoms with Gasteiger partial charge in [0, 0.05) is 6.54 Å². The topological polar surface area (TPSA) is 68.1 Å². The van der Waals surface area contributed by atoms with Crippen LogP contribution in [0.1, 0.15) is 19.8 Å². The van der Waals surface area contributed by atoms with Crippen molar-refractivity contribution in [3.05, 3.63) is 16.3 Å². The maximum Gasteiger partial charge on any atom is 0.345 e. The van der Waals surface area contributed by atoms with Crippen LogP contribution in [0.4, 0.5) is 10.1 Å². The second-order valence-corrected chi connectivity index (χ2v) is 3.55. The predicted octanol–water partition coefficient (Wildman–Crippen LogP) is 2.26. The molecule has 6 heteroatoms. The summed E-state index contributed by atoms with van der Waals surface area (Å²) in [5.41, 5.74) is 0. The lowest BCUT2D eigenvalue weighted by molar-refractivity contribution is -0.380. The van der Waals surface area contributed by atoms with Crippen LogP contribution >= 0.6 is 11.3 Å². The normalized spacial score (nSPS) is 9.92. The van der Waals surface area contributed by atoms with E-state index in [4.69, 9.17) is 0 Å². The van der Waals surface area contributed by atoms with Gasteiger partial charge in [-0.05, 0) is 17.8 Å². The van der Waals surface area contributed by atoms with Crippen LogP contribution in [-0.2, 0) is 0 Å². The van der Waals surface area contributed by atoms with Crippen molar-refractivity contribution in [3.63, 3.8) is 0 Å². The summed E-state index contributed by atoms with van der Waals surface area (Å²) in [6.45, 7) is 2.91. The number of hydrogen-bond donors (Lipinski definition) is 1. The molecular weight excluding hydrogens is 190 g/mol. The van der Waals surface area contributed by atoms with Crippen LogP contribution in [0.15, 0.2) is 6.20 Å². The Kier molecular flexibility index (Phi) is 3.63. The van der Waals surface area contributed by atoms with Gasteiger partial charge < -0.3 is 5.32 Å². The van der Waals surface area contributed by atoms with Crippen LogP contribution in [0, 0.1) is 10.1 Å². The smallest absolute Gasteiger partial charge is 0.345 e. The van der Waals surface area contributed by atoms with Crippen LogP contribution in [0.3, 0.4) is 0 Å². The molecule has 13 heavy (non-hydrogen) atoms. The predicted molar refractivity (Wildman–Crippen MR) is 52.2 cm³/mol. The zero-order chi connectivity index (χ0) is 9.68. The highest BCUT2D eigenvalue weighted by Gasteiger charge is 2.10. The van der Waals surface area contributed by atoms with Crippen LogP contribution < -0.4 is 5.32 Å². The summed E-state index contributed by atoms with van der Waals surface area (Å²) in [5, 5.41) is 14.0. The minimum Gasteiger partial charge on any atom is -0.361 e. The van der Waals surface area contributed by atoms with Gasteiger partial charge in [0.05, 0.1) is 4.92 Å². The van der Waals surface area contributed by atoms with Gasteiger partial charge in [-0.15, -0.1) is 0 Å². The van der Waals surface area contributed by atoms with E-state index in [1.165, 1.54) is 6.20 Å². The molecule has 1 N–H and O–H groups in total. The molecule has 0 bridgehead atoms. The molecule has 0 aliphatic carbocycles. The molecule has 0 atom stereocenters. The minimum atomic E-state index is -0.428. The van der Waals surface area contributed by atoms with E-state index in [0.29, 0.717) is 5.13 Å². The van der Waals surface area contributed by atoms with Crippen molar-refractivity contribution >= 4 is 21.5 Å². The second kappa shape index (κ2) is 4.76. The van der Waals surface area contributed by atoms with Crippen molar-refractivity contribution < 1.29 is 4.92 Å². The van der Waals surface area contributed by atoms with Gasteiger partial charge in [0.2, 0.25) is 0 Å². The molecule has 72 valence electrons. The number of nitrogens with one attached hydrogen (secondary N) is 1. The number of hydrogen-bond acceptors (Lipinski definition) is 5.